The Hall–Kier alpha value is -2.48. The third-order valence-electron chi connectivity index (χ3n) is 5.17. The first-order chi connectivity index (χ1) is 12.6. The maximum Gasteiger partial charge on any atom is 0.231 e. The number of nitrogens with two attached hydrogens (primary N) is 1. The maximum absolute atomic E-state index is 13.0. The molecule has 1 saturated heterocycles. The van der Waals surface area contributed by atoms with Crippen molar-refractivity contribution in [3.8, 4) is 0 Å². The van der Waals surface area contributed by atoms with Crippen LogP contribution in [0.5, 0.6) is 0 Å². The zero-order chi connectivity index (χ0) is 18.3. The maximum atomic E-state index is 13.0. The van der Waals surface area contributed by atoms with Crippen molar-refractivity contribution in [2.24, 2.45) is 5.92 Å². The minimum absolute atomic E-state index is 0.140. The molecule has 2 aromatic heterocycles. The van der Waals surface area contributed by atoms with E-state index < -0.39 is 12.1 Å². The van der Waals surface area contributed by atoms with Crippen LogP contribution in [-0.2, 0) is 4.79 Å². The number of carbonyl (C=O) groups excluding carboxylic acids is 1. The highest BCUT2D eigenvalue weighted by molar-refractivity contribution is 5.98. The van der Waals surface area contributed by atoms with Crippen LogP contribution < -0.4 is 16.0 Å². The zero-order valence-electron chi connectivity index (χ0n) is 14.4. The molecule has 1 aliphatic carbocycles. The number of aliphatic hydroxyl groups excluding tert-OH is 1. The van der Waals surface area contributed by atoms with Crippen LogP contribution in [-0.4, -0.2) is 46.3 Å². The summed E-state index contributed by atoms with van der Waals surface area (Å²) < 4.78 is 13.0. The fourth-order valence-corrected chi connectivity index (χ4v) is 3.62. The Balaban J connectivity index is 1.62. The lowest BCUT2D eigenvalue weighted by atomic mass is 10.1. The molecule has 3 heterocycles. The number of carbonyl (C=O) groups is 1. The summed E-state index contributed by atoms with van der Waals surface area (Å²) in [4.78, 5) is 22.8. The second-order valence-corrected chi connectivity index (χ2v) is 7.01. The predicted octanol–water partition coefficient (Wildman–Crippen LogP) is 1.86. The predicted molar refractivity (Wildman–Crippen MR) is 97.7 cm³/mol. The number of nitrogens with zero attached hydrogens (tertiary/aromatic N) is 3. The van der Waals surface area contributed by atoms with E-state index >= 15 is 0 Å². The first kappa shape index (κ1) is 17.0. The van der Waals surface area contributed by atoms with E-state index in [1.54, 1.807) is 12.3 Å². The van der Waals surface area contributed by atoms with Gasteiger partial charge in [0.15, 0.2) is 0 Å². The SMILES string of the molecule is Nc1nc(N2CCCC2CCO)cc2cc(NC(=O)[C@H]3C[C@H]3F)ncc12. The fourth-order valence-electron chi connectivity index (χ4n) is 3.62. The Morgan fingerprint density at radius 2 is 2.27 bits per heavy atom. The Bertz CT molecular complexity index is 846. The van der Waals surface area contributed by atoms with Crippen molar-refractivity contribution >= 4 is 34.1 Å². The van der Waals surface area contributed by atoms with Crippen molar-refractivity contribution in [3.05, 3.63) is 18.3 Å². The highest BCUT2D eigenvalue weighted by Gasteiger charge is 2.43. The quantitative estimate of drug-likeness (QED) is 0.753. The van der Waals surface area contributed by atoms with E-state index in [2.05, 4.69) is 20.2 Å². The first-order valence-electron chi connectivity index (χ1n) is 8.95. The van der Waals surface area contributed by atoms with Crippen molar-refractivity contribution < 1.29 is 14.3 Å². The summed E-state index contributed by atoms with van der Waals surface area (Å²) in [6.45, 7) is 1.01. The molecule has 7 nitrogen and oxygen atoms in total. The van der Waals surface area contributed by atoms with Crippen molar-refractivity contribution in [3.63, 3.8) is 0 Å². The molecule has 0 radical (unpaired) electrons. The lowest BCUT2D eigenvalue weighted by Gasteiger charge is -2.25. The van der Waals surface area contributed by atoms with Crippen molar-refractivity contribution in [2.75, 3.05) is 29.1 Å². The Kier molecular flexibility index (Phi) is 4.36. The topological polar surface area (TPSA) is 104 Å². The van der Waals surface area contributed by atoms with Gasteiger partial charge in [-0.2, -0.15) is 0 Å². The molecule has 1 amide bonds. The summed E-state index contributed by atoms with van der Waals surface area (Å²) in [6, 6.07) is 3.91. The molecule has 1 unspecified atom stereocenters. The van der Waals surface area contributed by atoms with Gasteiger partial charge in [-0.1, -0.05) is 0 Å². The molecule has 138 valence electrons. The Morgan fingerprint density at radius 3 is 3.00 bits per heavy atom. The molecule has 1 saturated carbocycles. The van der Waals surface area contributed by atoms with Gasteiger partial charge in [0.05, 0.1) is 5.92 Å². The van der Waals surface area contributed by atoms with Gasteiger partial charge in [0.1, 0.15) is 23.6 Å². The Labute approximate surface area is 150 Å². The largest absolute Gasteiger partial charge is 0.396 e. The van der Waals surface area contributed by atoms with Crippen LogP contribution in [0.1, 0.15) is 25.7 Å². The number of amides is 1. The van der Waals surface area contributed by atoms with E-state index in [1.807, 2.05) is 6.07 Å². The molecule has 26 heavy (non-hydrogen) atoms. The monoisotopic (exact) mass is 359 g/mol. The summed E-state index contributed by atoms with van der Waals surface area (Å²) in [5.41, 5.74) is 6.11. The molecule has 2 fully saturated rings. The van der Waals surface area contributed by atoms with Crippen LogP contribution in [0, 0.1) is 5.92 Å². The molecule has 1 aliphatic heterocycles. The van der Waals surface area contributed by atoms with Crippen molar-refractivity contribution in [1.29, 1.82) is 0 Å². The number of hydrogen-bond donors (Lipinski definition) is 3. The number of rotatable bonds is 5. The lowest BCUT2D eigenvalue weighted by molar-refractivity contribution is -0.117. The molecule has 0 spiro atoms. The minimum atomic E-state index is -1.04. The van der Waals surface area contributed by atoms with Gasteiger partial charge in [-0.05, 0) is 43.2 Å². The lowest BCUT2D eigenvalue weighted by Crippen LogP contribution is -2.30. The van der Waals surface area contributed by atoms with Crippen molar-refractivity contribution in [2.45, 2.75) is 37.9 Å². The van der Waals surface area contributed by atoms with Crippen LogP contribution >= 0.6 is 0 Å². The van der Waals surface area contributed by atoms with Gasteiger partial charge in [-0.25, -0.2) is 14.4 Å². The van der Waals surface area contributed by atoms with Gasteiger partial charge in [-0.3, -0.25) is 4.79 Å². The minimum Gasteiger partial charge on any atom is -0.396 e. The molecule has 4 N–H and O–H groups in total. The first-order valence-corrected chi connectivity index (χ1v) is 8.95. The average Bonchev–Trinajstić information content (AvgIpc) is 3.16. The summed E-state index contributed by atoms with van der Waals surface area (Å²) in [5.74, 6) is 0.624. The van der Waals surface area contributed by atoms with Gasteiger partial charge in [-0.15, -0.1) is 0 Å². The number of fused-ring (bicyclic) bond motifs is 1. The fraction of sp³-hybridized carbons (Fsp3) is 0.500. The van der Waals surface area contributed by atoms with Crippen molar-refractivity contribution in [1.82, 2.24) is 9.97 Å². The van der Waals surface area contributed by atoms with Crippen LogP contribution in [0.3, 0.4) is 0 Å². The number of anilines is 3. The van der Waals surface area contributed by atoms with E-state index in [9.17, 15) is 14.3 Å². The van der Waals surface area contributed by atoms with Gasteiger partial charge < -0.3 is 21.1 Å². The average molecular weight is 359 g/mol. The second kappa shape index (κ2) is 6.68. The van der Waals surface area contributed by atoms with E-state index in [4.69, 9.17) is 5.73 Å². The third kappa shape index (κ3) is 3.16. The normalized spacial score (nSPS) is 24.8. The summed E-state index contributed by atoms with van der Waals surface area (Å²) in [5, 5.41) is 13.5. The molecular weight excluding hydrogens is 337 g/mol. The molecular formula is C18H22FN5O2. The number of aromatic nitrogens is 2. The third-order valence-corrected chi connectivity index (χ3v) is 5.17. The number of halogens is 1. The van der Waals surface area contributed by atoms with Crippen LogP contribution in [0.25, 0.3) is 10.8 Å². The molecule has 0 aromatic carbocycles. The van der Waals surface area contributed by atoms with Crippen LogP contribution in [0.2, 0.25) is 0 Å². The smallest absolute Gasteiger partial charge is 0.231 e. The number of hydrogen-bond acceptors (Lipinski definition) is 6. The number of pyridine rings is 2. The highest BCUT2D eigenvalue weighted by atomic mass is 19.1. The summed E-state index contributed by atoms with van der Waals surface area (Å²) >= 11 is 0. The molecule has 2 aliphatic rings. The van der Waals surface area contributed by atoms with Gasteiger partial charge in [0, 0.05) is 30.8 Å². The Morgan fingerprint density at radius 1 is 1.46 bits per heavy atom. The van der Waals surface area contributed by atoms with E-state index in [0.717, 1.165) is 30.6 Å². The van der Waals surface area contributed by atoms with E-state index in [1.165, 1.54) is 0 Å². The number of alkyl halides is 1. The molecule has 3 atom stereocenters. The van der Waals surface area contributed by atoms with Crippen LogP contribution in [0.15, 0.2) is 18.3 Å². The molecule has 4 rings (SSSR count). The van der Waals surface area contributed by atoms with Gasteiger partial charge >= 0.3 is 0 Å². The van der Waals surface area contributed by atoms with Gasteiger partial charge in [0.25, 0.3) is 0 Å². The highest BCUT2D eigenvalue weighted by Crippen LogP contribution is 2.35. The summed E-state index contributed by atoms with van der Waals surface area (Å²) in [6.07, 6.45) is 3.58. The van der Waals surface area contributed by atoms with E-state index in [0.29, 0.717) is 23.4 Å². The standard InChI is InChI=1S/C18H22FN5O2/c19-14-8-12(14)18(26)22-15-6-10-7-16(23-17(20)13(10)9-21-15)24-4-1-2-11(24)3-5-25/h6-7,9,11-12,14,25H,1-5,8H2,(H2,20,23)(H,21,22,26)/t11?,12-,14+/m0/s1. The summed E-state index contributed by atoms with van der Waals surface area (Å²) in [7, 11) is 0. The number of nitrogen functional groups attached to an aromatic ring is 1. The number of aliphatic hydroxyl groups is 1. The molecule has 2 aromatic rings. The van der Waals surface area contributed by atoms with Gasteiger partial charge in [0.2, 0.25) is 5.91 Å². The molecule has 0 bridgehead atoms. The number of nitrogens with one attached hydrogen (secondary N) is 1. The zero-order valence-corrected chi connectivity index (χ0v) is 14.4. The van der Waals surface area contributed by atoms with E-state index in [-0.39, 0.29) is 25.0 Å². The second-order valence-electron chi connectivity index (χ2n) is 7.01. The molecule has 8 heteroatoms. The van der Waals surface area contributed by atoms with Crippen LogP contribution in [0.4, 0.5) is 21.8 Å².